The Balaban J connectivity index is 3.15. The Morgan fingerprint density at radius 3 is 2.71 bits per heavy atom. The van der Waals surface area contributed by atoms with E-state index in [2.05, 4.69) is 11.8 Å². The summed E-state index contributed by atoms with van der Waals surface area (Å²) in [5.74, 6) is 3.67. The third kappa shape index (κ3) is 4.89. The summed E-state index contributed by atoms with van der Waals surface area (Å²) < 4.78 is 13.4. The molecule has 112 valence electrons. The van der Waals surface area contributed by atoms with Crippen LogP contribution in [0.3, 0.4) is 0 Å². The van der Waals surface area contributed by atoms with Gasteiger partial charge in [0.15, 0.2) is 0 Å². The van der Waals surface area contributed by atoms with E-state index in [9.17, 15) is 14.0 Å². The van der Waals surface area contributed by atoms with Crippen molar-refractivity contribution in [1.82, 2.24) is 4.90 Å². The third-order valence-electron chi connectivity index (χ3n) is 2.69. The summed E-state index contributed by atoms with van der Waals surface area (Å²) in [6.45, 7) is 1.62. The van der Waals surface area contributed by atoms with Gasteiger partial charge in [0.05, 0.1) is 18.7 Å². The molecule has 0 fully saturated rings. The van der Waals surface area contributed by atoms with Crippen LogP contribution in [0.25, 0.3) is 0 Å². The fourth-order valence-corrected chi connectivity index (χ4v) is 1.70. The molecular formula is C15H17FN2O3. The minimum absolute atomic E-state index is 0.0727. The van der Waals surface area contributed by atoms with E-state index in [4.69, 9.17) is 10.8 Å². The Morgan fingerprint density at radius 2 is 2.14 bits per heavy atom. The quantitative estimate of drug-likeness (QED) is 0.775. The molecule has 0 aliphatic heterocycles. The standard InChI is InChI=1S/C15H17FN2O3/c1-2-18(10-14(17)20)15(21)13-9-12(16)7-6-11(13)5-3-4-8-19/h6-7,9,19H,2,4,8,10H2,1H3,(H2,17,20). The van der Waals surface area contributed by atoms with Gasteiger partial charge in [-0.05, 0) is 25.1 Å². The van der Waals surface area contributed by atoms with E-state index in [0.29, 0.717) is 5.56 Å². The SMILES string of the molecule is CCN(CC(N)=O)C(=O)c1cc(F)ccc1C#CCCO. The van der Waals surface area contributed by atoms with Crippen molar-refractivity contribution in [3.8, 4) is 11.8 Å². The number of hydrogen-bond donors (Lipinski definition) is 2. The second-order valence-electron chi connectivity index (χ2n) is 4.25. The molecule has 21 heavy (non-hydrogen) atoms. The van der Waals surface area contributed by atoms with E-state index in [-0.39, 0.29) is 31.7 Å². The fraction of sp³-hybridized carbons (Fsp3) is 0.333. The van der Waals surface area contributed by atoms with Crippen LogP contribution in [0.5, 0.6) is 0 Å². The molecule has 0 saturated carbocycles. The summed E-state index contributed by atoms with van der Waals surface area (Å²) in [7, 11) is 0. The number of aliphatic hydroxyl groups excluding tert-OH is 1. The number of nitrogens with two attached hydrogens (primary N) is 1. The van der Waals surface area contributed by atoms with Gasteiger partial charge in [-0.25, -0.2) is 4.39 Å². The minimum Gasteiger partial charge on any atom is -0.395 e. The maximum absolute atomic E-state index is 13.4. The summed E-state index contributed by atoms with van der Waals surface area (Å²) >= 11 is 0. The number of benzene rings is 1. The molecule has 5 nitrogen and oxygen atoms in total. The molecule has 1 rings (SSSR count). The van der Waals surface area contributed by atoms with Crippen molar-refractivity contribution < 1.29 is 19.1 Å². The zero-order chi connectivity index (χ0) is 15.8. The molecule has 0 heterocycles. The average Bonchev–Trinajstić information content (AvgIpc) is 2.45. The summed E-state index contributed by atoms with van der Waals surface area (Å²) in [5, 5.41) is 8.70. The first-order valence-corrected chi connectivity index (χ1v) is 6.46. The van der Waals surface area contributed by atoms with Crippen LogP contribution in [0, 0.1) is 17.7 Å². The van der Waals surface area contributed by atoms with Gasteiger partial charge in [-0.1, -0.05) is 11.8 Å². The number of halogens is 1. The van der Waals surface area contributed by atoms with Crippen molar-refractivity contribution in [1.29, 1.82) is 0 Å². The molecule has 0 unspecified atom stereocenters. The molecule has 2 amide bonds. The van der Waals surface area contributed by atoms with Gasteiger partial charge < -0.3 is 15.7 Å². The van der Waals surface area contributed by atoms with Crippen molar-refractivity contribution in [2.75, 3.05) is 19.7 Å². The van der Waals surface area contributed by atoms with Crippen LogP contribution in [0.15, 0.2) is 18.2 Å². The molecule has 0 aromatic heterocycles. The Hall–Kier alpha value is -2.39. The van der Waals surface area contributed by atoms with Gasteiger partial charge in [0.25, 0.3) is 5.91 Å². The van der Waals surface area contributed by atoms with E-state index >= 15 is 0 Å². The number of carbonyl (C=O) groups is 2. The van der Waals surface area contributed by atoms with Crippen LogP contribution in [0.4, 0.5) is 4.39 Å². The number of likely N-dealkylation sites (N-methyl/N-ethyl adjacent to an activating group) is 1. The molecule has 0 aliphatic rings. The number of hydrogen-bond acceptors (Lipinski definition) is 3. The van der Waals surface area contributed by atoms with Crippen LogP contribution in [-0.2, 0) is 4.79 Å². The van der Waals surface area contributed by atoms with E-state index in [1.54, 1.807) is 6.92 Å². The molecule has 0 aliphatic carbocycles. The number of rotatable bonds is 5. The highest BCUT2D eigenvalue weighted by molar-refractivity contribution is 5.98. The number of aliphatic hydroxyl groups is 1. The molecule has 0 radical (unpaired) electrons. The summed E-state index contributed by atoms with van der Waals surface area (Å²) in [4.78, 5) is 24.5. The van der Waals surface area contributed by atoms with Crippen molar-refractivity contribution in [3.63, 3.8) is 0 Å². The van der Waals surface area contributed by atoms with Gasteiger partial charge >= 0.3 is 0 Å². The molecule has 1 aromatic rings. The maximum atomic E-state index is 13.4. The molecule has 6 heteroatoms. The Bertz CT molecular complexity index is 590. The molecular weight excluding hydrogens is 275 g/mol. The van der Waals surface area contributed by atoms with Crippen LogP contribution in [0.1, 0.15) is 29.3 Å². The van der Waals surface area contributed by atoms with Gasteiger partial charge in [0.1, 0.15) is 5.82 Å². The molecule has 0 bridgehead atoms. The summed E-state index contributed by atoms with van der Waals surface area (Å²) in [5.41, 5.74) is 5.51. The first-order chi connectivity index (χ1) is 9.99. The van der Waals surface area contributed by atoms with Gasteiger partial charge in [-0.2, -0.15) is 0 Å². The van der Waals surface area contributed by atoms with Gasteiger partial charge in [-0.15, -0.1) is 0 Å². The first kappa shape index (κ1) is 16.7. The topological polar surface area (TPSA) is 83.6 Å². The first-order valence-electron chi connectivity index (χ1n) is 6.46. The molecule has 3 N–H and O–H groups in total. The lowest BCUT2D eigenvalue weighted by molar-refractivity contribution is -0.118. The predicted octanol–water partition coefficient (Wildman–Crippen LogP) is 0.507. The molecule has 0 spiro atoms. The fourth-order valence-electron chi connectivity index (χ4n) is 1.70. The van der Waals surface area contributed by atoms with Crippen LogP contribution in [-0.4, -0.2) is 41.5 Å². The lowest BCUT2D eigenvalue weighted by Gasteiger charge is -2.19. The van der Waals surface area contributed by atoms with E-state index in [1.807, 2.05) is 0 Å². The largest absolute Gasteiger partial charge is 0.395 e. The minimum atomic E-state index is -0.644. The van der Waals surface area contributed by atoms with Crippen molar-refractivity contribution >= 4 is 11.8 Å². The maximum Gasteiger partial charge on any atom is 0.255 e. The Kier molecular flexibility index (Phi) is 6.37. The van der Waals surface area contributed by atoms with Gasteiger partial charge in [-0.3, -0.25) is 9.59 Å². The second-order valence-corrected chi connectivity index (χ2v) is 4.25. The monoisotopic (exact) mass is 292 g/mol. The smallest absolute Gasteiger partial charge is 0.255 e. The third-order valence-corrected chi connectivity index (χ3v) is 2.69. The van der Waals surface area contributed by atoms with E-state index < -0.39 is 17.6 Å². The average molecular weight is 292 g/mol. The summed E-state index contributed by atoms with van der Waals surface area (Å²) in [6, 6.07) is 3.67. The second kappa shape index (κ2) is 8.02. The van der Waals surface area contributed by atoms with Crippen molar-refractivity contribution in [3.05, 3.63) is 35.1 Å². The predicted molar refractivity (Wildman–Crippen MR) is 75.8 cm³/mol. The molecule has 0 saturated heterocycles. The van der Waals surface area contributed by atoms with E-state index in [1.165, 1.54) is 17.0 Å². The Labute approximate surface area is 122 Å². The lowest BCUT2D eigenvalue weighted by Crippen LogP contribution is -2.38. The zero-order valence-electron chi connectivity index (χ0n) is 11.7. The van der Waals surface area contributed by atoms with Crippen LogP contribution < -0.4 is 5.73 Å². The zero-order valence-corrected chi connectivity index (χ0v) is 11.7. The lowest BCUT2D eigenvalue weighted by atomic mass is 10.1. The Morgan fingerprint density at radius 1 is 1.43 bits per heavy atom. The highest BCUT2D eigenvalue weighted by Gasteiger charge is 2.19. The number of amides is 2. The van der Waals surface area contributed by atoms with Gasteiger partial charge in [0.2, 0.25) is 5.91 Å². The highest BCUT2D eigenvalue weighted by Crippen LogP contribution is 2.13. The van der Waals surface area contributed by atoms with Crippen molar-refractivity contribution in [2.24, 2.45) is 5.73 Å². The van der Waals surface area contributed by atoms with Crippen LogP contribution >= 0.6 is 0 Å². The summed E-state index contributed by atoms with van der Waals surface area (Å²) in [6.07, 6.45) is 0.254. The van der Waals surface area contributed by atoms with E-state index in [0.717, 1.165) is 6.07 Å². The highest BCUT2D eigenvalue weighted by atomic mass is 19.1. The normalized spacial score (nSPS) is 9.67. The molecule has 0 atom stereocenters. The number of carbonyl (C=O) groups excluding carboxylic acids is 2. The van der Waals surface area contributed by atoms with Crippen molar-refractivity contribution in [2.45, 2.75) is 13.3 Å². The molecule has 1 aromatic carbocycles. The number of nitrogens with zero attached hydrogens (tertiary/aromatic N) is 1. The van der Waals surface area contributed by atoms with Gasteiger partial charge in [0, 0.05) is 18.5 Å². The number of primary amides is 1. The van der Waals surface area contributed by atoms with Crippen LogP contribution in [0.2, 0.25) is 0 Å².